The summed E-state index contributed by atoms with van der Waals surface area (Å²) in [5.74, 6) is 0. The molecule has 3 heteroatoms. The van der Waals surface area contributed by atoms with E-state index >= 15 is 0 Å². The molecule has 0 saturated heterocycles. The summed E-state index contributed by atoms with van der Waals surface area (Å²) in [5, 5.41) is 2.47. The van der Waals surface area contributed by atoms with Crippen LogP contribution >= 0.6 is 0 Å². The van der Waals surface area contributed by atoms with Gasteiger partial charge in [-0.3, -0.25) is 4.98 Å². The third-order valence-electron chi connectivity index (χ3n) is 6.51. The molecule has 5 rings (SSSR count). The van der Waals surface area contributed by atoms with Crippen LogP contribution in [0.1, 0.15) is 58.4 Å². The minimum absolute atomic E-state index is 0.199. The van der Waals surface area contributed by atoms with Crippen molar-refractivity contribution < 1.29 is 4.57 Å². The van der Waals surface area contributed by atoms with Gasteiger partial charge < -0.3 is 0 Å². The molecule has 0 atom stereocenters. The Kier molecular flexibility index (Phi) is 4.83. The Balaban J connectivity index is 1.94. The lowest BCUT2D eigenvalue weighted by Crippen LogP contribution is -2.27. The van der Waals surface area contributed by atoms with Gasteiger partial charge in [0.25, 0.3) is 5.65 Å². The topological polar surface area (TPSA) is 21.2 Å². The summed E-state index contributed by atoms with van der Waals surface area (Å²) in [6.45, 7) is 16.0. The zero-order valence-electron chi connectivity index (χ0n) is 21.4. The number of pyridine rings is 2. The minimum atomic E-state index is 0.199. The molecule has 0 saturated carbocycles. The molecule has 2 aromatic carbocycles. The number of fused-ring (bicyclic) bond motifs is 8. The largest absolute Gasteiger partial charge is 0.297 e. The van der Waals surface area contributed by atoms with Crippen LogP contribution in [0.4, 0.5) is 0 Å². The SMILES string of the molecule is Cc1cc(CC(C)(C)C)nc2c3ccccc3n3c4cc(CC(C)(C)C)ccc4[n+](C)c3c12. The van der Waals surface area contributed by atoms with Gasteiger partial charge in [0.05, 0.1) is 18.0 Å². The van der Waals surface area contributed by atoms with Crippen molar-refractivity contribution >= 4 is 38.5 Å². The summed E-state index contributed by atoms with van der Waals surface area (Å²) in [7, 11) is 2.19. The van der Waals surface area contributed by atoms with Crippen molar-refractivity contribution in [3.63, 3.8) is 0 Å². The van der Waals surface area contributed by atoms with Crippen LogP contribution in [0.25, 0.3) is 38.5 Å². The van der Waals surface area contributed by atoms with Crippen LogP contribution in [0.15, 0.2) is 48.5 Å². The number of benzene rings is 2. The first-order chi connectivity index (χ1) is 15.4. The van der Waals surface area contributed by atoms with Crippen LogP contribution in [-0.2, 0) is 19.9 Å². The van der Waals surface area contributed by atoms with Gasteiger partial charge in [-0.25, -0.2) is 4.57 Å². The first kappa shape index (κ1) is 21.9. The fourth-order valence-electron chi connectivity index (χ4n) is 5.38. The van der Waals surface area contributed by atoms with Gasteiger partial charge in [0, 0.05) is 11.1 Å². The highest BCUT2D eigenvalue weighted by Gasteiger charge is 2.26. The van der Waals surface area contributed by atoms with Gasteiger partial charge in [0.1, 0.15) is 5.52 Å². The minimum Gasteiger partial charge on any atom is -0.252 e. The molecule has 3 nitrogen and oxygen atoms in total. The molecule has 0 aliphatic rings. The normalized spacial score (nSPS) is 13.1. The second-order valence-corrected chi connectivity index (χ2v) is 12.2. The predicted octanol–water partition coefficient (Wildman–Crippen LogP) is 7.10. The van der Waals surface area contributed by atoms with E-state index in [1.807, 2.05) is 0 Å². The average Bonchev–Trinajstić information content (AvgIpc) is 2.98. The Morgan fingerprint density at radius 3 is 2.24 bits per heavy atom. The Labute approximate surface area is 197 Å². The average molecular weight is 439 g/mol. The number of hydrogen-bond donors (Lipinski definition) is 0. The molecule has 0 fully saturated rings. The van der Waals surface area contributed by atoms with Gasteiger partial charge in [-0.1, -0.05) is 59.7 Å². The highest BCUT2D eigenvalue weighted by molar-refractivity contribution is 6.11. The Bertz CT molecular complexity index is 1540. The van der Waals surface area contributed by atoms with Gasteiger partial charge in [-0.05, 0) is 72.1 Å². The smallest absolute Gasteiger partial charge is 0.252 e. The highest BCUT2D eigenvalue weighted by atomic mass is 15.1. The maximum Gasteiger partial charge on any atom is 0.297 e. The first-order valence-corrected chi connectivity index (χ1v) is 12.1. The first-order valence-electron chi connectivity index (χ1n) is 12.1. The molecule has 3 aromatic heterocycles. The van der Waals surface area contributed by atoms with Gasteiger partial charge in [0.2, 0.25) is 0 Å². The summed E-state index contributed by atoms with van der Waals surface area (Å²) in [6.07, 6.45) is 2.02. The predicted molar refractivity (Wildman–Crippen MR) is 140 cm³/mol. The van der Waals surface area contributed by atoms with Gasteiger partial charge in [-0.2, -0.15) is 4.40 Å². The highest BCUT2D eigenvalue weighted by Crippen LogP contribution is 2.34. The van der Waals surface area contributed by atoms with E-state index in [4.69, 9.17) is 4.98 Å². The third-order valence-corrected chi connectivity index (χ3v) is 6.51. The number of aryl methyl sites for hydroxylation is 2. The molecule has 33 heavy (non-hydrogen) atoms. The maximum atomic E-state index is 5.25. The molecule has 0 bridgehead atoms. The van der Waals surface area contributed by atoms with Gasteiger partial charge in [0.15, 0.2) is 11.0 Å². The molecule has 0 unspecified atom stereocenters. The third kappa shape index (κ3) is 3.78. The number of hydrogen-bond acceptors (Lipinski definition) is 1. The van der Waals surface area contributed by atoms with Crippen LogP contribution in [-0.4, -0.2) is 9.38 Å². The van der Waals surface area contributed by atoms with E-state index in [9.17, 15) is 0 Å². The molecule has 0 N–H and O–H groups in total. The van der Waals surface area contributed by atoms with E-state index in [1.54, 1.807) is 0 Å². The van der Waals surface area contributed by atoms with E-state index in [-0.39, 0.29) is 10.8 Å². The lowest BCUT2D eigenvalue weighted by atomic mass is 9.88. The van der Waals surface area contributed by atoms with Crippen LogP contribution < -0.4 is 4.57 Å². The van der Waals surface area contributed by atoms with Crippen molar-refractivity contribution in [3.05, 3.63) is 65.4 Å². The zero-order valence-corrected chi connectivity index (χ0v) is 21.4. The van der Waals surface area contributed by atoms with Crippen molar-refractivity contribution in [1.82, 2.24) is 9.38 Å². The van der Waals surface area contributed by atoms with E-state index < -0.39 is 0 Å². The second kappa shape index (κ2) is 7.28. The number of rotatable bonds is 2. The van der Waals surface area contributed by atoms with Gasteiger partial charge in [-0.15, -0.1) is 0 Å². The molecule has 5 aromatic rings. The molecule has 0 spiro atoms. The van der Waals surface area contributed by atoms with Crippen molar-refractivity contribution in [1.29, 1.82) is 0 Å². The molecule has 0 amide bonds. The lowest BCUT2D eigenvalue weighted by Gasteiger charge is -2.18. The van der Waals surface area contributed by atoms with Crippen LogP contribution in [0, 0.1) is 17.8 Å². The number of aromatic nitrogens is 3. The summed E-state index contributed by atoms with van der Waals surface area (Å²) >= 11 is 0. The maximum absolute atomic E-state index is 5.25. The van der Waals surface area contributed by atoms with Gasteiger partial charge >= 0.3 is 0 Å². The fraction of sp³-hybridized carbons (Fsp3) is 0.400. The molecule has 3 heterocycles. The van der Waals surface area contributed by atoms with E-state index in [1.165, 1.54) is 49.8 Å². The van der Waals surface area contributed by atoms with Crippen LogP contribution in [0.5, 0.6) is 0 Å². The van der Waals surface area contributed by atoms with Crippen molar-refractivity contribution in [2.24, 2.45) is 17.9 Å². The standard InChI is InChI=1S/C30H36N3/c1-19-15-21(18-30(5,6)7)31-27-22-11-9-10-12-23(22)33-25-16-20(17-29(2,3)4)13-14-24(25)32(8)28(33)26(19)27/h9-16H,17-18H2,1-8H3/q+1. The van der Waals surface area contributed by atoms with Crippen molar-refractivity contribution in [2.45, 2.75) is 61.3 Å². The summed E-state index contributed by atoms with van der Waals surface area (Å²) in [5.41, 5.74) is 10.4. The van der Waals surface area contributed by atoms with Crippen molar-refractivity contribution in [2.75, 3.05) is 0 Å². The zero-order chi connectivity index (χ0) is 23.7. The van der Waals surface area contributed by atoms with Crippen molar-refractivity contribution in [3.8, 4) is 0 Å². The molecule has 0 aliphatic carbocycles. The molecular formula is C30H36N3+. The van der Waals surface area contributed by atoms with Crippen LogP contribution in [0.3, 0.4) is 0 Å². The molecule has 0 radical (unpaired) electrons. The quantitative estimate of drug-likeness (QED) is 0.213. The lowest BCUT2D eigenvalue weighted by molar-refractivity contribution is -0.617. The molecule has 0 aliphatic heterocycles. The fourth-order valence-corrected chi connectivity index (χ4v) is 5.38. The summed E-state index contributed by atoms with van der Waals surface area (Å²) < 4.78 is 4.81. The number of imidazole rings is 1. The monoisotopic (exact) mass is 438 g/mol. The number of para-hydroxylation sites is 1. The second-order valence-electron chi connectivity index (χ2n) is 12.2. The van der Waals surface area contributed by atoms with E-state index in [0.717, 1.165) is 18.4 Å². The molecule has 170 valence electrons. The van der Waals surface area contributed by atoms with E-state index in [2.05, 4.69) is 113 Å². The summed E-state index contributed by atoms with van der Waals surface area (Å²) in [6, 6.07) is 18.0. The van der Waals surface area contributed by atoms with E-state index in [0.29, 0.717) is 0 Å². The Hall–Kier alpha value is -2.94. The number of nitrogens with zero attached hydrogens (tertiary/aromatic N) is 3. The van der Waals surface area contributed by atoms with Crippen LogP contribution in [0.2, 0.25) is 0 Å². The summed E-state index contributed by atoms with van der Waals surface area (Å²) in [4.78, 5) is 5.25. The Morgan fingerprint density at radius 2 is 1.55 bits per heavy atom. The molecular weight excluding hydrogens is 402 g/mol. The Morgan fingerprint density at radius 1 is 0.848 bits per heavy atom.